The number of nitrogens with zero attached hydrogens (tertiary/aromatic N) is 3. The average molecular weight is 239 g/mol. The molecule has 0 bridgehead atoms. The van der Waals surface area contributed by atoms with E-state index < -0.39 is 0 Å². The first-order valence-corrected chi connectivity index (χ1v) is 5.63. The van der Waals surface area contributed by atoms with Gasteiger partial charge < -0.3 is 0 Å². The van der Waals surface area contributed by atoms with Crippen LogP contribution in [0.2, 0.25) is 0 Å². The van der Waals surface area contributed by atoms with Crippen molar-refractivity contribution in [1.29, 1.82) is 0 Å². The van der Waals surface area contributed by atoms with Gasteiger partial charge in [-0.2, -0.15) is 0 Å². The van der Waals surface area contributed by atoms with E-state index in [-0.39, 0.29) is 7.43 Å². The third kappa shape index (κ3) is 1.88. The molecule has 3 heteroatoms. The van der Waals surface area contributed by atoms with Crippen molar-refractivity contribution in [3.63, 3.8) is 0 Å². The molecule has 3 nitrogen and oxygen atoms in total. The van der Waals surface area contributed by atoms with Gasteiger partial charge in [-0.3, -0.25) is 4.40 Å². The molecule has 0 N–H and O–H groups in total. The molecule has 0 aliphatic carbocycles. The Balaban J connectivity index is 0.00000120. The summed E-state index contributed by atoms with van der Waals surface area (Å²) in [6.45, 7) is 4.03. The summed E-state index contributed by atoms with van der Waals surface area (Å²) in [6, 6.07) is 12.5. The molecule has 0 atom stereocenters. The van der Waals surface area contributed by atoms with Crippen LogP contribution in [0.15, 0.2) is 42.6 Å². The fourth-order valence-electron chi connectivity index (χ4n) is 2.06. The summed E-state index contributed by atoms with van der Waals surface area (Å²) >= 11 is 0. The van der Waals surface area contributed by atoms with Crippen LogP contribution in [0.1, 0.15) is 18.8 Å². The molecule has 3 aromatic rings. The Hall–Kier alpha value is -2.16. The second-order valence-corrected chi connectivity index (χ2v) is 4.22. The van der Waals surface area contributed by atoms with Crippen molar-refractivity contribution >= 4 is 5.65 Å². The monoisotopic (exact) mass is 239 g/mol. The minimum Gasteiger partial charge on any atom is -0.286 e. The van der Waals surface area contributed by atoms with Crippen molar-refractivity contribution in [3.05, 3.63) is 54.0 Å². The normalized spacial score (nSPS) is 10.3. The Morgan fingerprint density at radius 2 is 1.67 bits per heavy atom. The van der Waals surface area contributed by atoms with Gasteiger partial charge in [0.05, 0.1) is 0 Å². The van der Waals surface area contributed by atoms with Gasteiger partial charge in [-0.05, 0) is 36.6 Å². The molecular formula is C15H17N3. The van der Waals surface area contributed by atoms with E-state index >= 15 is 0 Å². The number of hydrogen-bond acceptors (Lipinski definition) is 2. The summed E-state index contributed by atoms with van der Waals surface area (Å²) < 4.78 is 2.04. The zero-order chi connectivity index (χ0) is 11.8. The molecule has 2 aromatic heterocycles. The summed E-state index contributed by atoms with van der Waals surface area (Å²) in [6.07, 6.45) is 2.09. The highest BCUT2D eigenvalue weighted by Gasteiger charge is 2.06. The summed E-state index contributed by atoms with van der Waals surface area (Å²) in [5.41, 5.74) is 4.48. The SMILES string of the molecule is C.Cc1cc(-c2ccccc2)cn2c(C)nnc12. The number of aryl methyl sites for hydroxylation is 2. The lowest BCUT2D eigenvalue weighted by Crippen LogP contribution is -1.92. The third-order valence-electron chi connectivity index (χ3n) is 2.97. The lowest BCUT2D eigenvalue weighted by atomic mass is 10.1. The molecule has 0 unspecified atom stereocenters. The van der Waals surface area contributed by atoms with Crippen molar-refractivity contribution in [2.24, 2.45) is 0 Å². The molecule has 2 heterocycles. The first-order chi connectivity index (χ1) is 8.25. The van der Waals surface area contributed by atoms with Crippen LogP contribution in [0.5, 0.6) is 0 Å². The van der Waals surface area contributed by atoms with E-state index in [0.717, 1.165) is 17.0 Å². The predicted octanol–water partition coefficient (Wildman–Crippen LogP) is 3.65. The Kier molecular flexibility index (Phi) is 3.15. The number of rotatable bonds is 1. The van der Waals surface area contributed by atoms with Gasteiger partial charge in [0.15, 0.2) is 5.65 Å². The van der Waals surface area contributed by atoms with E-state index in [4.69, 9.17) is 0 Å². The largest absolute Gasteiger partial charge is 0.286 e. The van der Waals surface area contributed by atoms with Gasteiger partial charge in [0.25, 0.3) is 0 Å². The second kappa shape index (κ2) is 4.61. The number of hydrogen-bond donors (Lipinski definition) is 0. The maximum atomic E-state index is 4.17. The van der Waals surface area contributed by atoms with Crippen molar-refractivity contribution in [3.8, 4) is 11.1 Å². The fraction of sp³-hybridized carbons (Fsp3) is 0.200. The number of pyridine rings is 1. The smallest absolute Gasteiger partial charge is 0.163 e. The topological polar surface area (TPSA) is 30.2 Å². The minimum absolute atomic E-state index is 0. The molecule has 18 heavy (non-hydrogen) atoms. The van der Waals surface area contributed by atoms with E-state index in [2.05, 4.69) is 41.5 Å². The van der Waals surface area contributed by atoms with Crippen LogP contribution in [0, 0.1) is 13.8 Å². The fourth-order valence-corrected chi connectivity index (χ4v) is 2.06. The van der Waals surface area contributed by atoms with E-state index in [1.54, 1.807) is 0 Å². The zero-order valence-corrected chi connectivity index (χ0v) is 9.88. The lowest BCUT2D eigenvalue weighted by Gasteiger charge is -2.05. The highest BCUT2D eigenvalue weighted by Crippen LogP contribution is 2.22. The van der Waals surface area contributed by atoms with Crippen molar-refractivity contribution in [1.82, 2.24) is 14.6 Å². The first kappa shape index (κ1) is 12.3. The van der Waals surface area contributed by atoms with Gasteiger partial charge in [-0.1, -0.05) is 37.8 Å². The van der Waals surface area contributed by atoms with Crippen LogP contribution in [-0.4, -0.2) is 14.6 Å². The molecule has 0 aliphatic rings. The molecular weight excluding hydrogens is 222 g/mol. The van der Waals surface area contributed by atoms with Crippen molar-refractivity contribution in [2.75, 3.05) is 0 Å². The Labute approximate surface area is 107 Å². The van der Waals surface area contributed by atoms with Gasteiger partial charge in [-0.25, -0.2) is 0 Å². The first-order valence-electron chi connectivity index (χ1n) is 5.63. The molecule has 0 aliphatic heterocycles. The lowest BCUT2D eigenvalue weighted by molar-refractivity contribution is 1.01. The maximum absolute atomic E-state index is 4.17. The standard InChI is InChI=1S/C14H13N3.CH4/c1-10-8-13(12-6-4-3-5-7-12)9-17-11(2)15-16-14(10)17;/h3-9H,1-2H3;1H4. The minimum atomic E-state index is 0. The predicted molar refractivity (Wildman–Crippen MR) is 74.6 cm³/mol. The van der Waals surface area contributed by atoms with Crippen LogP contribution < -0.4 is 0 Å². The van der Waals surface area contributed by atoms with E-state index in [0.29, 0.717) is 0 Å². The van der Waals surface area contributed by atoms with E-state index in [1.807, 2.05) is 29.5 Å². The molecule has 0 saturated heterocycles. The van der Waals surface area contributed by atoms with Crippen LogP contribution >= 0.6 is 0 Å². The van der Waals surface area contributed by atoms with Crippen LogP contribution in [0.4, 0.5) is 0 Å². The summed E-state index contributed by atoms with van der Waals surface area (Å²) in [5.74, 6) is 0.917. The summed E-state index contributed by atoms with van der Waals surface area (Å²) in [7, 11) is 0. The van der Waals surface area contributed by atoms with Crippen LogP contribution in [-0.2, 0) is 0 Å². The molecule has 0 saturated carbocycles. The quantitative estimate of drug-likeness (QED) is 0.649. The Morgan fingerprint density at radius 1 is 0.944 bits per heavy atom. The Bertz CT molecular complexity index is 669. The van der Waals surface area contributed by atoms with Crippen LogP contribution in [0.25, 0.3) is 16.8 Å². The molecule has 1 aromatic carbocycles. The summed E-state index contributed by atoms with van der Waals surface area (Å²) in [5, 5.41) is 8.27. The van der Waals surface area contributed by atoms with Gasteiger partial charge in [0, 0.05) is 6.20 Å². The van der Waals surface area contributed by atoms with Gasteiger partial charge in [0.1, 0.15) is 5.82 Å². The molecule has 92 valence electrons. The second-order valence-electron chi connectivity index (χ2n) is 4.22. The van der Waals surface area contributed by atoms with Crippen molar-refractivity contribution < 1.29 is 0 Å². The van der Waals surface area contributed by atoms with Gasteiger partial charge in [-0.15, -0.1) is 10.2 Å². The maximum Gasteiger partial charge on any atom is 0.163 e. The number of fused-ring (bicyclic) bond motifs is 1. The Morgan fingerprint density at radius 3 is 2.39 bits per heavy atom. The zero-order valence-electron chi connectivity index (χ0n) is 9.88. The summed E-state index contributed by atoms with van der Waals surface area (Å²) in [4.78, 5) is 0. The molecule has 0 fully saturated rings. The van der Waals surface area contributed by atoms with Gasteiger partial charge >= 0.3 is 0 Å². The third-order valence-corrected chi connectivity index (χ3v) is 2.97. The van der Waals surface area contributed by atoms with Crippen LogP contribution in [0.3, 0.4) is 0 Å². The molecule has 3 rings (SSSR count). The van der Waals surface area contributed by atoms with E-state index in [1.165, 1.54) is 11.1 Å². The van der Waals surface area contributed by atoms with E-state index in [9.17, 15) is 0 Å². The van der Waals surface area contributed by atoms with Crippen molar-refractivity contribution in [2.45, 2.75) is 21.3 Å². The highest BCUT2D eigenvalue weighted by molar-refractivity contribution is 5.66. The van der Waals surface area contributed by atoms with Gasteiger partial charge in [0.2, 0.25) is 0 Å². The number of aromatic nitrogens is 3. The molecule has 0 spiro atoms. The highest BCUT2D eigenvalue weighted by atomic mass is 15.2. The molecule has 0 radical (unpaired) electrons. The average Bonchev–Trinajstić information content (AvgIpc) is 2.73. The number of benzene rings is 1. The molecule has 0 amide bonds.